The number of thiophene rings is 1. The van der Waals surface area contributed by atoms with E-state index in [1.807, 2.05) is 32.0 Å². The summed E-state index contributed by atoms with van der Waals surface area (Å²) in [5, 5.41) is 9.60. The van der Waals surface area contributed by atoms with Crippen LogP contribution in [0.3, 0.4) is 0 Å². The van der Waals surface area contributed by atoms with Gasteiger partial charge >= 0.3 is 0 Å². The Bertz CT molecular complexity index is 796. The maximum absolute atomic E-state index is 12.8. The van der Waals surface area contributed by atoms with Crippen molar-refractivity contribution in [2.45, 2.75) is 50.2 Å². The Morgan fingerprint density at radius 3 is 2.67 bits per heavy atom. The van der Waals surface area contributed by atoms with E-state index >= 15 is 0 Å². The molecule has 0 aliphatic heterocycles. The van der Waals surface area contributed by atoms with Gasteiger partial charge in [0.2, 0.25) is 10.0 Å². The smallest absolute Gasteiger partial charge is 0.241 e. The Kier molecular flexibility index (Phi) is 5.05. The molecule has 24 heavy (non-hydrogen) atoms. The number of hydrogen-bond donors (Lipinski definition) is 2. The van der Waals surface area contributed by atoms with Gasteiger partial charge in [-0.3, -0.25) is 4.98 Å². The quantitative estimate of drug-likeness (QED) is 0.823. The van der Waals surface area contributed by atoms with Crippen molar-refractivity contribution in [3.63, 3.8) is 0 Å². The summed E-state index contributed by atoms with van der Waals surface area (Å²) in [7, 11) is -3.58. The maximum atomic E-state index is 12.8. The number of aliphatic hydroxyl groups is 1. The molecule has 1 aliphatic rings. The number of aryl methyl sites for hydroxylation is 2. The molecule has 0 amide bonds. The van der Waals surface area contributed by atoms with Gasteiger partial charge in [0.1, 0.15) is 0 Å². The highest BCUT2D eigenvalue weighted by atomic mass is 32.2. The minimum absolute atomic E-state index is 0.136. The largest absolute Gasteiger partial charge is 0.393 e. The number of hydrogen-bond acceptors (Lipinski definition) is 5. The Labute approximate surface area is 146 Å². The summed E-state index contributed by atoms with van der Waals surface area (Å²) in [6.45, 7) is 3.73. The van der Waals surface area contributed by atoms with E-state index in [1.165, 1.54) is 11.3 Å². The topological polar surface area (TPSA) is 79.3 Å². The van der Waals surface area contributed by atoms with Crippen LogP contribution in [-0.2, 0) is 16.4 Å². The molecule has 1 atom stereocenters. The average Bonchev–Trinajstić information content (AvgIpc) is 2.84. The first-order valence-electron chi connectivity index (χ1n) is 8.02. The molecule has 130 valence electrons. The normalized spacial score (nSPS) is 22.1. The van der Waals surface area contributed by atoms with E-state index in [9.17, 15) is 13.5 Å². The fourth-order valence-electron chi connectivity index (χ4n) is 3.14. The van der Waals surface area contributed by atoms with E-state index in [4.69, 9.17) is 0 Å². The fourth-order valence-corrected chi connectivity index (χ4v) is 6.00. The van der Waals surface area contributed by atoms with Crippen molar-refractivity contribution in [2.75, 3.05) is 0 Å². The van der Waals surface area contributed by atoms with Gasteiger partial charge in [-0.15, -0.1) is 11.3 Å². The van der Waals surface area contributed by atoms with Gasteiger partial charge < -0.3 is 5.11 Å². The van der Waals surface area contributed by atoms with Crippen LogP contribution in [0.4, 0.5) is 0 Å². The number of sulfonamides is 1. The molecule has 0 saturated heterocycles. The Balaban J connectivity index is 1.82. The van der Waals surface area contributed by atoms with Crippen LogP contribution in [0.5, 0.6) is 0 Å². The molecular formula is C17H22N2O3S2. The Morgan fingerprint density at radius 1 is 1.38 bits per heavy atom. The van der Waals surface area contributed by atoms with Crippen molar-refractivity contribution in [3.8, 4) is 0 Å². The molecule has 3 rings (SSSR count). The molecule has 0 unspecified atom stereocenters. The molecule has 0 radical (unpaired) electrons. The van der Waals surface area contributed by atoms with Gasteiger partial charge in [-0.2, -0.15) is 0 Å². The van der Waals surface area contributed by atoms with Gasteiger partial charge in [0, 0.05) is 34.1 Å². The molecule has 5 nitrogen and oxygen atoms in total. The van der Waals surface area contributed by atoms with Crippen molar-refractivity contribution in [3.05, 3.63) is 45.9 Å². The standard InChI is InChI=1S/C17H22N2O3S2/c1-11-7-17(12(2)23-11)24(21,22)19-16(13-8-15(20)9-13)10-14-5-3-4-6-18-14/h3-7,13,15-16,19-20H,8-10H2,1-2H3/t13?,15?,16-/m0/s1. The van der Waals surface area contributed by atoms with Gasteiger partial charge in [-0.05, 0) is 50.8 Å². The summed E-state index contributed by atoms with van der Waals surface area (Å²) < 4.78 is 28.5. The molecule has 2 aromatic rings. The molecule has 1 saturated carbocycles. The molecule has 1 aliphatic carbocycles. The summed E-state index contributed by atoms with van der Waals surface area (Å²) in [5.41, 5.74) is 0.852. The molecule has 2 N–H and O–H groups in total. The van der Waals surface area contributed by atoms with Crippen molar-refractivity contribution < 1.29 is 13.5 Å². The van der Waals surface area contributed by atoms with Crippen molar-refractivity contribution >= 4 is 21.4 Å². The van der Waals surface area contributed by atoms with E-state index in [0.29, 0.717) is 24.2 Å². The third-order valence-electron chi connectivity index (χ3n) is 4.47. The van der Waals surface area contributed by atoms with Crippen LogP contribution < -0.4 is 4.72 Å². The summed E-state index contributed by atoms with van der Waals surface area (Å²) in [6, 6.07) is 7.10. The van der Waals surface area contributed by atoms with Crippen LogP contribution in [0.1, 0.15) is 28.3 Å². The van der Waals surface area contributed by atoms with E-state index in [-0.39, 0.29) is 18.1 Å². The van der Waals surface area contributed by atoms with Crippen LogP contribution in [0.15, 0.2) is 35.4 Å². The first-order chi connectivity index (χ1) is 11.3. The maximum Gasteiger partial charge on any atom is 0.241 e. The van der Waals surface area contributed by atoms with Gasteiger partial charge in [0.05, 0.1) is 11.0 Å². The first kappa shape index (κ1) is 17.5. The number of nitrogens with one attached hydrogen (secondary N) is 1. The van der Waals surface area contributed by atoms with E-state index in [2.05, 4.69) is 9.71 Å². The third-order valence-corrected chi connectivity index (χ3v) is 7.18. The lowest BCUT2D eigenvalue weighted by atomic mass is 9.76. The van der Waals surface area contributed by atoms with Gasteiger partial charge in [0.25, 0.3) is 0 Å². The van der Waals surface area contributed by atoms with Gasteiger partial charge in [-0.1, -0.05) is 6.07 Å². The second-order valence-electron chi connectivity index (χ2n) is 6.42. The molecule has 0 bridgehead atoms. The highest BCUT2D eigenvalue weighted by Gasteiger charge is 2.37. The highest BCUT2D eigenvalue weighted by Crippen LogP contribution is 2.33. The minimum Gasteiger partial charge on any atom is -0.393 e. The molecule has 0 spiro atoms. The second-order valence-corrected chi connectivity index (χ2v) is 9.56. The van der Waals surface area contributed by atoms with Crippen LogP contribution in [-0.4, -0.2) is 30.7 Å². The minimum atomic E-state index is -3.58. The predicted octanol–water partition coefficient (Wildman–Crippen LogP) is 2.42. The van der Waals surface area contributed by atoms with Crippen molar-refractivity contribution in [2.24, 2.45) is 5.92 Å². The molecule has 0 aromatic carbocycles. The average molecular weight is 367 g/mol. The zero-order chi connectivity index (χ0) is 17.3. The first-order valence-corrected chi connectivity index (χ1v) is 10.3. The number of rotatable bonds is 6. The predicted molar refractivity (Wildman–Crippen MR) is 94.6 cm³/mol. The highest BCUT2D eigenvalue weighted by molar-refractivity contribution is 7.89. The molecular weight excluding hydrogens is 344 g/mol. The zero-order valence-corrected chi connectivity index (χ0v) is 15.4. The molecule has 2 heterocycles. The third kappa shape index (κ3) is 3.85. The lowest BCUT2D eigenvalue weighted by molar-refractivity contribution is 0.0282. The van der Waals surface area contributed by atoms with Gasteiger partial charge in [0.15, 0.2) is 0 Å². The number of aliphatic hydroxyl groups excluding tert-OH is 1. The zero-order valence-electron chi connectivity index (χ0n) is 13.8. The van der Waals surface area contributed by atoms with Crippen molar-refractivity contribution in [1.82, 2.24) is 9.71 Å². The number of nitrogens with zero attached hydrogens (tertiary/aromatic N) is 1. The van der Waals surface area contributed by atoms with Crippen LogP contribution >= 0.6 is 11.3 Å². The summed E-state index contributed by atoms with van der Waals surface area (Å²) in [5.74, 6) is 0.136. The number of aromatic nitrogens is 1. The van der Waals surface area contributed by atoms with E-state index in [0.717, 1.165) is 15.4 Å². The monoisotopic (exact) mass is 366 g/mol. The molecule has 7 heteroatoms. The summed E-state index contributed by atoms with van der Waals surface area (Å²) in [4.78, 5) is 6.44. The number of pyridine rings is 1. The van der Waals surface area contributed by atoms with Crippen LogP contribution in [0.25, 0.3) is 0 Å². The lowest BCUT2D eigenvalue weighted by Crippen LogP contribution is -2.48. The SMILES string of the molecule is Cc1cc(S(=O)(=O)N[C@@H](Cc2ccccn2)C2CC(O)C2)c(C)s1. The van der Waals surface area contributed by atoms with Crippen molar-refractivity contribution in [1.29, 1.82) is 0 Å². The van der Waals surface area contributed by atoms with Crippen LogP contribution in [0.2, 0.25) is 0 Å². The summed E-state index contributed by atoms with van der Waals surface area (Å²) in [6.07, 6.45) is 3.17. The molecule has 2 aromatic heterocycles. The van der Waals surface area contributed by atoms with E-state index in [1.54, 1.807) is 12.3 Å². The summed E-state index contributed by atoms with van der Waals surface area (Å²) >= 11 is 1.48. The second kappa shape index (κ2) is 6.92. The fraction of sp³-hybridized carbons (Fsp3) is 0.471. The lowest BCUT2D eigenvalue weighted by Gasteiger charge is -2.37. The molecule has 1 fully saturated rings. The Hall–Kier alpha value is -1.28. The Morgan fingerprint density at radius 2 is 2.12 bits per heavy atom. The van der Waals surface area contributed by atoms with E-state index < -0.39 is 10.0 Å². The van der Waals surface area contributed by atoms with Crippen LogP contribution in [0, 0.1) is 19.8 Å². The van der Waals surface area contributed by atoms with Gasteiger partial charge in [-0.25, -0.2) is 13.1 Å².